The molecule has 0 bridgehead atoms. The minimum atomic E-state index is -0.0880. The molecule has 2 aromatic rings. The molecule has 0 aliphatic heterocycles. The lowest BCUT2D eigenvalue weighted by atomic mass is 10.0. The van der Waals surface area contributed by atoms with Gasteiger partial charge >= 0.3 is 0 Å². The number of benzene rings is 2. The number of halogens is 1. The first-order chi connectivity index (χ1) is 10.6. The van der Waals surface area contributed by atoms with Crippen molar-refractivity contribution in [2.24, 2.45) is 0 Å². The van der Waals surface area contributed by atoms with Crippen LogP contribution in [0.5, 0.6) is 0 Å². The van der Waals surface area contributed by atoms with Gasteiger partial charge in [-0.25, -0.2) is 0 Å². The molecule has 1 N–H and O–H groups in total. The van der Waals surface area contributed by atoms with Crippen molar-refractivity contribution in [2.75, 3.05) is 0 Å². The molecule has 3 heteroatoms. The number of amides is 1. The quantitative estimate of drug-likeness (QED) is 0.757. The van der Waals surface area contributed by atoms with E-state index in [0.717, 1.165) is 22.0 Å². The molecule has 2 nitrogen and oxygen atoms in total. The molecule has 0 saturated carbocycles. The van der Waals surface area contributed by atoms with Gasteiger partial charge in [0.1, 0.15) is 0 Å². The Hall–Kier alpha value is -1.87. The smallest absolute Gasteiger partial charge is 0.244 e. The predicted molar refractivity (Wildman–Crippen MR) is 95.6 cm³/mol. The highest BCUT2D eigenvalue weighted by Crippen LogP contribution is 2.14. The highest BCUT2D eigenvalue weighted by atomic mass is 79.9. The molecule has 2 rings (SSSR count). The number of hydrogen-bond acceptors (Lipinski definition) is 1. The van der Waals surface area contributed by atoms with E-state index in [-0.39, 0.29) is 11.9 Å². The average Bonchev–Trinajstić information content (AvgIpc) is 2.54. The fraction of sp³-hybridized carbons (Fsp3) is 0.211. The minimum absolute atomic E-state index is 0.00651. The number of hydrogen-bond donors (Lipinski definition) is 1. The van der Waals surface area contributed by atoms with E-state index < -0.39 is 0 Å². The summed E-state index contributed by atoms with van der Waals surface area (Å²) in [6.45, 7) is 4.12. The van der Waals surface area contributed by atoms with Crippen LogP contribution >= 0.6 is 15.9 Å². The molecular formula is C19H20BrNO. The van der Waals surface area contributed by atoms with Crippen LogP contribution in [0, 0.1) is 0 Å². The number of nitrogens with one attached hydrogen (secondary N) is 1. The zero-order valence-electron chi connectivity index (χ0n) is 12.8. The Kier molecular flexibility index (Phi) is 5.96. The van der Waals surface area contributed by atoms with Crippen LogP contribution in [0.15, 0.2) is 59.1 Å². The van der Waals surface area contributed by atoms with Crippen LogP contribution in [-0.4, -0.2) is 5.91 Å². The molecule has 1 amide bonds. The van der Waals surface area contributed by atoms with E-state index in [2.05, 4.69) is 52.4 Å². The maximum Gasteiger partial charge on any atom is 0.244 e. The summed E-state index contributed by atoms with van der Waals surface area (Å²) in [5.74, 6) is -0.0880. The first kappa shape index (κ1) is 16.5. The molecule has 1 atom stereocenters. The van der Waals surface area contributed by atoms with E-state index in [0.29, 0.717) is 0 Å². The predicted octanol–water partition coefficient (Wildman–Crippen LogP) is 4.90. The zero-order chi connectivity index (χ0) is 15.9. The lowest BCUT2D eigenvalue weighted by Crippen LogP contribution is -2.24. The van der Waals surface area contributed by atoms with Crippen LogP contribution in [-0.2, 0) is 11.2 Å². The van der Waals surface area contributed by atoms with Gasteiger partial charge in [-0.05, 0) is 48.2 Å². The molecule has 0 aliphatic rings. The van der Waals surface area contributed by atoms with Crippen LogP contribution in [0.2, 0.25) is 0 Å². The van der Waals surface area contributed by atoms with Gasteiger partial charge in [-0.2, -0.15) is 0 Å². The van der Waals surface area contributed by atoms with Gasteiger partial charge in [-0.1, -0.05) is 59.3 Å². The van der Waals surface area contributed by atoms with Crippen LogP contribution < -0.4 is 5.32 Å². The number of aryl methyl sites for hydroxylation is 1. The normalized spacial score (nSPS) is 12.3. The lowest BCUT2D eigenvalue weighted by Gasteiger charge is -2.13. The second kappa shape index (κ2) is 7.95. The fourth-order valence-electron chi connectivity index (χ4n) is 2.13. The topological polar surface area (TPSA) is 29.1 Å². The molecule has 2 aromatic carbocycles. The third kappa shape index (κ3) is 4.85. The van der Waals surface area contributed by atoms with Crippen molar-refractivity contribution in [3.8, 4) is 0 Å². The third-order valence-corrected chi connectivity index (χ3v) is 4.07. The summed E-state index contributed by atoms with van der Waals surface area (Å²) >= 11 is 3.39. The van der Waals surface area contributed by atoms with Crippen molar-refractivity contribution in [2.45, 2.75) is 26.3 Å². The minimum Gasteiger partial charge on any atom is -0.346 e. The van der Waals surface area contributed by atoms with Gasteiger partial charge in [-0.15, -0.1) is 0 Å². The van der Waals surface area contributed by atoms with E-state index in [4.69, 9.17) is 0 Å². The summed E-state index contributed by atoms with van der Waals surface area (Å²) in [4.78, 5) is 12.0. The first-order valence-electron chi connectivity index (χ1n) is 7.41. The molecule has 0 spiro atoms. The SMILES string of the molecule is CCc1ccc(C(C)NC(=O)C=Cc2ccc(Br)cc2)cc1. The summed E-state index contributed by atoms with van der Waals surface area (Å²) in [6, 6.07) is 16.2. The maximum atomic E-state index is 12.0. The van der Waals surface area contributed by atoms with E-state index >= 15 is 0 Å². The Morgan fingerprint density at radius 2 is 1.77 bits per heavy atom. The van der Waals surface area contributed by atoms with Crippen molar-refractivity contribution >= 4 is 27.9 Å². The van der Waals surface area contributed by atoms with Gasteiger partial charge in [0.25, 0.3) is 0 Å². The third-order valence-electron chi connectivity index (χ3n) is 3.54. The van der Waals surface area contributed by atoms with Gasteiger partial charge in [0.15, 0.2) is 0 Å². The largest absolute Gasteiger partial charge is 0.346 e. The fourth-order valence-corrected chi connectivity index (χ4v) is 2.40. The molecule has 0 aliphatic carbocycles. The Bertz CT molecular complexity index is 644. The van der Waals surface area contributed by atoms with Crippen molar-refractivity contribution in [1.82, 2.24) is 5.32 Å². The molecule has 0 heterocycles. The summed E-state index contributed by atoms with van der Waals surface area (Å²) in [5.41, 5.74) is 3.42. The number of carbonyl (C=O) groups excluding carboxylic acids is 1. The van der Waals surface area contributed by atoms with Crippen molar-refractivity contribution < 1.29 is 4.79 Å². The van der Waals surface area contributed by atoms with Crippen LogP contribution in [0.4, 0.5) is 0 Å². The second-order valence-electron chi connectivity index (χ2n) is 5.21. The molecule has 22 heavy (non-hydrogen) atoms. The van der Waals surface area contributed by atoms with Gasteiger partial charge in [0, 0.05) is 10.5 Å². The monoisotopic (exact) mass is 357 g/mol. The first-order valence-corrected chi connectivity index (χ1v) is 8.20. The van der Waals surface area contributed by atoms with E-state index in [9.17, 15) is 4.79 Å². The standard InChI is InChI=1S/C19H20BrNO/c1-3-15-4-9-17(10-5-15)14(2)21-19(22)13-8-16-6-11-18(20)12-7-16/h4-14H,3H2,1-2H3,(H,21,22). The molecule has 0 saturated heterocycles. The second-order valence-corrected chi connectivity index (χ2v) is 6.13. The van der Waals surface area contributed by atoms with Gasteiger partial charge < -0.3 is 5.32 Å². The van der Waals surface area contributed by atoms with E-state index in [1.807, 2.05) is 37.3 Å². The zero-order valence-corrected chi connectivity index (χ0v) is 14.4. The summed E-state index contributed by atoms with van der Waals surface area (Å²) in [6.07, 6.45) is 4.41. The Balaban J connectivity index is 1.94. The molecule has 0 aromatic heterocycles. The summed E-state index contributed by atoms with van der Waals surface area (Å²) in [7, 11) is 0. The maximum absolute atomic E-state index is 12.0. The molecule has 0 fully saturated rings. The van der Waals surface area contributed by atoms with E-state index in [1.165, 1.54) is 5.56 Å². The van der Waals surface area contributed by atoms with E-state index in [1.54, 1.807) is 6.08 Å². The van der Waals surface area contributed by atoms with Crippen LogP contribution in [0.25, 0.3) is 6.08 Å². The summed E-state index contributed by atoms with van der Waals surface area (Å²) < 4.78 is 1.03. The van der Waals surface area contributed by atoms with Gasteiger partial charge in [-0.3, -0.25) is 4.79 Å². The molecule has 0 radical (unpaired) electrons. The van der Waals surface area contributed by atoms with Gasteiger partial charge in [0.2, 0.25) is 5.91 Å². The van der Waals surface area contributed by atoms with Gasteiger partial charge in [0.05, 0.1) is 6.04 Å². The number of carbonyl (C=O) groups is 1. The Morgan fingerprint density at radius 3 is 2.36 bits per heavy atom. The molecule has 1 unspecified atom stereocenters. The number of rotatable bonds is 5. The Labute approximate surface area is 140 Å². The molecular weight excluding hydrogens is 338 g/mol. The Morgan fingerprint density at radius 1 is 1.14 bits per heavy atom. The van der Waals surface area contributed by atoms with Crippen molar-refractivity contribution in [1.29, 1.82) is 0 Å². The van der Waals surface area contributed by atoms with Crippen LogP contribution in [0.3, 0.4) is 0 Å². The van der Waals surface area contributed by atoms with Crippen molar-refractivity contribution in [3.63, 3.8) is 0 Å². The van der Waals surface area contributed by atoms with Crippen LogP contribution in [0.1, 0.15) is 36.6 Å². The summed E-state index contributed by atoms with van der Waals surface area (Å²) in [5, 5.41) is 2.98. The highest BCUT2D eigenvalue weighted by Gasteiger charge is 2.07. The highest BCUT2D eigenvalue weighted by molar-refractivity contribution is 9.10. The molecule has 114 valence electrons. The lowest BCUT2D eigenvalue weighted by molar-refractivity contribution is -0.117. The average molecular weight is 358 g/mol. The van der Waals surface area contributed by atoms with Crippen molar-refractivity contribution in [3.05, 3.63) is 75.8 Å².